The average Bonchev–Trinajstić information content (AvgIpc) is 1.97. The van der Waals surface area contributed by atoms with Crippen molar-refractivity contribution in [2.45, 2.75) is 20.0 Å². The number of ether oxygens (including phenoxy) is 1. The van der Waals surface area contributed by atoms with Crippen molar-refractivity contribution in [1.29, 1.82) is 0 Å². The molecule has 0 aliphatic heterocycles. The Hall–Kier alpha value is -1.10. The molecule has 0 spiro atoms. The number of hydrogen-bond acceptors (Lipinski definition) is 3. The summed E-state index contributed by atoms with van der Waals surface area (Å²) in [6.45, 7) is 3.39. The van der Waals surface area contributed by atoms with Gasteiger partial charge < -0.3 is 15.2 Å². The third-order valence-corrected chi connectivity index (χ3v) is 1.19. The van der Waals surface area contributed by atoms with Crippen molar-refractivity contribution in [1.82, 2.24) is 5.32 Å². The fourth-order valence-corrected chi connectivity index (χ4v) is 0.534. The van der Waals surface area contributed by atoms with Gasteiger partial charge in [-0.25, -0.2) is 4.79 Å². The van der Waals surface area contributed by atoms with Gasteiger partial charge in [0.05, 0.1) is 6.61 Å². The van der Waals surface area contributed by atoms with Crippen LogP contribution in [0.4, 0.5) is 0 Å². The van der Waals surface area contributed by atoms with Crippen LogP contribution in [-0.4, -0.2) is 36.2 Å². The normalized spacial score (nSPS) is 12.2. The lowest BCUT2D eigenvalue weighted by molar-refractivity contribution is -0.148. The second kappa shape index (κ2) is 5.54. The summed E-state index contributed by atoms with van der Waals surface area (Å²) in [6, 6.07) is 0. The Balaban J connectivity index is 3.31. The van der Waals surface area contributed by atoms with Crippen LogP contribution in [0.1, 0.15) is 13.8 Å². The fraction of sp³-hybridized carbons (Fsp3) is 0.714. The van der Waals surface area contributed by atoms with Gasteiger partial charge in [0.25, 0.3) is 0 Å². The molecule has 2 N–H and O–H groups in total. The third kappa shape index (κ3) is 5.67. The number of carbonyl (C=O) groups excluding carboxylic acids is 1. The number of carboxylic acids is 1. The maximum absolute atomic E-state index is 10.3. The van der Waals surface area contributed by atoms with E-state index in [1.165, 1.54) is 13.8 Å². The lowest BCUT2D eigenvalue weighted by atomic mass is 10.4. The second-order valence-corrected chi connectivity index (χ2v) is 2.33. The molecule has 0 unspecified atom stereocenters. The molecule has 0 heterocycles. The number of aliphatic carboxylic acids is 1. The smallest absolute Gasteiger partial charge is 0.332 e. The number of carboxylic acid groups (broad SMARTS) is 1. The van der Waals surface area contributed by atoms with Crippen molar-refractivity contribution in [2.24, 2.45) is 0 Å². The van der Waals surface area contributed by atoms with Crippen molar-refractivity contribution in [2.75, 3.05) is 13.2 Å². The highest BCUT2D eigenvalue weighted by molar-refractivity contribution is 5.72. The predicted octanol–water partition coefficient (Wildman–Crippen LogP) is -0.388. The minimum absolute atomic E-state index is 0.151. The molecule has 12 heavy (non-hydrogen) atoms. The molecule has 5 heteroatoms. The van der Waals surface area contributed by atoms with E-state index in [9.17, 15) is 9.59 Å². The summed E-state index contributed by atoms with van der Waals surface area (Å²) < 4.78 is 4.84. The molecule has 0 aromatic carbocycles. The molecule has 0 fully saturated rings. The predicted molar refractivity (Wildman–Crippen MR) is 41.7 cm³/mol. The van der Waals surface area contributed by atoms with E-state index in [2.05, 4.69) is 5.32 Å². The van der Waals surface area contributed by atoms with Crippen molar-refractivity contribution in [3.63, 3.8) is 0 Å². The molecular weight excluding hydrogens is 162 g/mol. The van der Waals surface area contributed by atoms with E-state index in [0.29, 0.717) is 6.54 Å². The van der Waals surface area contributed by atoms with Crippen molar-refractivity contribution in [3.05, 3.63) is 0 Å². The maximum Gasteiger partial charge on any atom is 0.332 e. The Bertz CT molecular complexity index is 169. The third-order valence-electron chi connectivity index (χ3n) is 1.19. The molecule has 5 nitrogen and oxygen atoms in total. The maximum atomic E-state index is 10.3. The summed E-state index contributed by atoms with van der Waals surface area (Å²) in [4.78, 5) is 20.6. The first-order valence-electron chi connectivity index (χ1n) is 3.63. The zero-order chi connectivity index (χ0) is 9.56. The molecule has 0 aromatic heterocycles. The van der Waals surface area contributed by atoms with Crippen LogP contribution in [0.15, 0.2) is 0 Å². The quantitative estimate of drug-likeness (QED) is 0.558. The summed E-state index contributed by atoms with van der Waals surface area (Å²) in [5, 5.41) is 10.9. The topological polar surface area (TPSA) is 75.6 Å². The fourth-order valence-electron chi connectivity index (χ4n) is 0.534. The van der Waals surface area contributed by atoms with E-state index in [1.54, 1.807) is 0 Å². The van der Waals surface area contributed by atoms with Crippen LogP contribution >= 0.6 is 0 Å². The van der Waals surface area contributed by atoms with Crippen LogP contribution in [-0.2, 0) is 14.3 Å². The lowest BCUT2D eigenvalue weighted by Crippen LogP contribution is -2.28. The van der Waals surface area contributed by atoms with Gasteiger partial charge in [-0.15, -0.1) is 0 Å². The highest BCUT2D eigenvalue weighted by Gasteiger charge is 2.09. The zero-order valence-corrected chi connectivity index (χ0v) is 7.16. The van der Waals surface area contributed by atoms with E-state index >= 15 is 0 Å². The molecule has 0 aliphatic carbocycles. The van der Waals surface area contributed by atoms with Gasteiger partial charge >= 0.3 is 5.97 Å². The van der Waals surface area contributed by atoms with Crippen molar-refractivity contribution < 1.29 is 19.4 Å². The monoisotopic (exact) mass is 175 g/mol. The molecule has 0 saturated heterocycles. The van der Waals surface area contributed by atoms with Gasteiger partial charge in [0.2, 0.25) is 5.91 Å². The highest BCUT2D eigenvalue weighted by atomic mass is 16.5. The highest BCUT2D eigenvalue weighted by Crippen LogP contribution is 1.88. The van der Waals surface area contributed by atoms with Crippen LogP contribution in [0.3, 0.4) is 0 Å². The number of nitrogens with one attached hydrogen (secondary N) is 1. The summed E-state index contributed by atoms with van der Waals surface area (Å²) in [6.07, 6.45) is -0.821. The number of hydrogen-bond donors (Lipinski definition) is 2. The molecule has 0 radical (unpaired) electrons. The largest absolute Gasteiger partial charge is 0.479 e. The van der Waals surface area contributed by atoms with E-state index in [-0.39, 0.29) is 12.5 Å². The van der Waals surface area contributed by atoms with Crippen LogP contribution in [0, 0.1) is 0 Å². The molecule has 0 aliphatic rings. The molecule has 0 bridgehead atoms. The van der Waals surface area contributed by atoms with Crippen LogP contribution < -0.4 is 5.32 Å². The minimum atomic E-state index is -1.00. The number of amides is 1. The van der Waals surface area contributed by atoms with E-state index < -0.39 is 12.1 Å². The van der Waals surface area contributed by atoms with Gasteiger partial charge in [-0.3, -0.25) is 4.79 Å². The average molecular weight is 175 g/mol. The Morgan fingerprint density at radius 3 is 2.58 bits per heavy atom. The lowest BCUT2D eigenvalue weighted by Gasteiger charge is -2.07. The minimum Gasteiger partial charge on any atom is -0.479 e. The number of rotatable bonds is 5. The molecule has 70 valence electrons. The molecular formula is C7H13NO4. The molecule has 1 amide bonds. The van der Waals surface area contributed by atoms with Gasteiger partial charge in [0.15, 0.2) is 6.10 Å². The van der Waals surface area contributed by atoms with Gasteiger partial charge in [0.1, 0.15) is 0 Å². The molecule has 0 rings (SSSR count). The van der Waals surface area contributed by atoms with Gasteiger partial charge in [-0.1, -0.05) is 0 Å². The van der Waals surface area contributed by atoms with Crippen LogP contribution in [0.2, 0.25) is 0 Å². The second-order valence-electron chi connectivity index (χ2n) is 2.33. The first-order valence-corrected chi connectivity index (χ1v) is 3.63. The zero-order valence-electron chi connectivity index (χ0n) is 7.16. The summed E-state index contributed by atoms with van der Waals surface area (Å²) in [5.41, 5.74) is 0. The van der Waals surface area contributed by atoms with Gasteiger partial charge in [-0.05, 0) is 6.92 Å². The molecule has 0 aromatic rings. The number of carbonyl (C=O) groups is 2. The summed E-state index contributed by atoms with van der Waals surface area (Å²) in [5.74, 6) is -1.15. The Morgan fingerprint density at radius 1 is 1.58 bits per heavy atom. The van der Waals surface area contributed by atoms with E-state index in [0.717, 1.165) is 0 Å². The van der Waals surface area contributed by atoms with Gasteiger partial charge in [0, 0.05) is 13.5 Å². The Labute approximate surface area is 70.7 Å². The summed E-state index contributed by atoms with van der Waals surface area (Å²) in [7, 11) is 0. The van der Waals surface area contributed by atoms with Crippen molar-refractivity contribution >= 4 is 11.9 Å². The van der Waals surface area contributed by atoms with E-state index in [4.69, 9.17) is 9.84 Å². The Morgan fingerprint density at radius 2 is 2.17 bits per heavy atom. The first-order chi connectivity index (χ1) is 5.54. The Kier molecular flexibility index (Phi) is 5.03. The summed E-state index contributed by atoms with van der Waals surface area (Å²) >= 11 is 0. The van der Waals surface area contributed by atoms with E-state index in [1.807, 2.05) is 0 Å². The molecule has 1 atom stereocenters. The molecule has 0 saturated carbocycles. The first kappa shape index (κ1) is 10.9. The van der Waals surface area contributed by atoms with Crippen LogP contribution in [0.25, 0.3) is 0 Å². The SMILES string of the molecule is CC(=O)NCCO[C@@H](C)C(=O)O. The van der Waals surface area contributed by atoms with Crippen LogP contribution in [0.5, 0.6) is 0 Å². The van der Waals surface area contributed by atoms with Crippen molar-refractivity contribution in [3.8, 4) is 0 Å². The van der Waals surface area contributed by atoms with Gasteiger partial charge in [-0.2, -0.15) is 0 Å². The standard InChI is InChI=1S/C7H13NO4/c1-5(7(10)11)12-4-3-8-6(2)9/h5H,3-4H2,1-2H3,(H,8,9)(H,10,11)/t5-/m0/s1.